The Bertz CT molecular complexity index is 946. The van der Waals surface area contributed by atoms with Crippen LogP contribution in [0.4, 0.5) is 4.39 Å². The molecule has 1 N–H and O–H groups in total. The molecule has 0 amide bonds. The van der Waals surface area contributed by atoms with E-state index in [4.69, 9.17) is 16.3 Å². The van der Waals surface area contributed by atoms with Crippen molar-refractivity contribution in [1.82, 2.24) is 4.72 Å². The van der Waals surface area contributed by atoms with Crippen molar-refractivity contribution in [3.05, 3.63) is 64.9 Å². The van der Waals surface area contributed by atoms with E-state index in [1.165, 1.54) is 50.2 Å². The highest BCUT2D eigenvalue weighted by Crippen LogP contribution is 2.16. The molecule has 2 aromatic carbocycles. The summed E-state index contributed by atoms with van der Waals surface area (Å²) in [6, 6.07) is 9.07. The van der Waals surface area contributed by atoms with E-state index in [1.54, 1.807) is 0 Å². The van der Waals surface area contributed by atoms with Gasteiger partial charge in [0.25, 0.3) is 0 Å². The van der Waals surface area contributed by atoms with Gasteiger partial charge in [-0.3, -0.25) is 9.59 Å². The standard InChI is InChI=1S/C18H17ClFNO5S/c1-11(21-27(24,25)16-5-3-4-14(19)10-16)18(23)26-12(2)17(22)13-6-8-15(20)9-7-13/h3-12,21H,1-2H3/t11-,12-/m0/s1. The summed E-state index contributed by atoms with van der Waals surface area (Å²) in [7, 11) is -4.00. The van der Waals surface area contributed by atoms with Gasteiger partial charge in [-0.25, -0.2) is 12.8 Å². The van der Waals surface area contributed by atoms with Gasteiger partial charge < -0.3 is 4.74 Å². The van der Waals surface area contributed by atoms with Crippen LogP contribution in [0.25, 0.3) is 0 Å². The molecule has 144 valence electrons. The van der Waals surface area contributed by atoms with Crippen molar-refractivity contribution < 1.29 is 27.1 Å². The van der Waals surface area contributed by atoms with Gasteiger partial charge >= 0.3 is 5.97 Å². The lowest BCUT2D eigenvalue weighted by molar-refractivity contribution is -0.147. The molecule has 27 heavy (non-hydrogen) atoms. The second kappa shape index (κ2) is 8.60. The van der Waals surface area contributed by atoms with Crippen LogP contribution in [0.3, 0.4) is 0 Å². The molecule has 0 unspecified atom stereocenters. The number of esters is 1. The Labute approximate surface area is 161 Å². The lowest BCUT2D eigenvalue weighted by Crippen LogP contribution is -2.41. The number of halogens is 2. The third kappa shape index (κ3) is 5.59. The van der Waals surface area contributed by atoms with Gasteiger partial charge in [0.1, 0.15) is 11.9 Å². The predicted molar refractivity (Wildman–Crippen MR) is 97.5 cm³/mol. The average molecular weight is 414 g/mol. The van der Waals surface area contributed by atoms with Crippen molar-refractivity contribution in [2.45, 2.75) is 30.9 Å². The highest BCUT2D eigenvalue weighted by atomic mass is 35.5. The number of ether oxygens (including phenoxy) is 1. The number of nitrogens with one attached hydrogen (secondary N) is 1. The number of carbonyl (C=O) groups excluding carboxylic acids is 2. The first-order valence-corrected chi connectivity index (χ1v) is 9.74. The molecule has 0 aromatic heterocycles. The number of ketones is 1. The number of benzene rings is 2. The summed E-state index contributed by atoms with van der Waals surface area (Å²) >= 11 is 5.78. The molecule has 0 spiro atoms. The fourth-order valence-electron chi connectivity index (χ4n) is 2.16. The van der Waals surface area contributed by atoms with Crippen LogP contribution in [0.15, 0.2) is 53.4 Å². The summed E-state index contributed by atoms with van der Waals surface area (Å²) in [5, 5.41) is 0.228. The Morgan fingerprint density at radius 2 is 1.74 bits per heavy atom. The van der Waals surface area contributed by atoms with E-state index >= 15 is 0 Å². The van der Waals surface area contributed by atoms with E-state index in [2.05, 4.69) is 4.72 Å². The molecule has 0 radical (unpaired) electrons. The lowest BCUT2D eigenvalue weighted by atomic mass is 10.1. The molecule has 0 saturated carbocycles. The second-order valence-electron chi connectivity index (χ2n) is 5.75. The zero-order chi connectivity index (χ0) is 20.2. The molecule has 0 bridgehead atoms. The van der Waals surface area contributed by atoms with Crippen LogP contribution in [0, 0.1) is 5.82 Å². The first-order valence-electron chi connectivity index (χ1n) is 7.88. The fraction of sp³-hybridized carbons (Fsp3) is 0.222. The number of sulfonamides is 1. The minimum Gasteiger partial charge on any atom is -0.453 e. The first-order chi connectivity index (χ1) is 12.6. The molecule has 2 atom stereocenters. The van der Waals surface area contributed by atoms with Crippen LogP contribution in [0.2, 0.25) is 5.02 Å². The lowest BCUT2D eigenvalue weighted by Gasteiger charge is -2.17. The number of carbonyl (C=O) groups is 2. The quantitative estimate of drug-likeness (QED) is 0.556. The molecule has 2 rings (SSSR count). The maximum Gasteiger partial charge on any atom is 0.324 e. The van der Waals surface area contributed by atoms with E-state index in [0.717, 1.165) is 12.1 Å². The highest BCUT2D eigenvalue weighted by molar-refractivity contribution is 7.89. The molecule has 0 aliphatic carbocycles. The first kappa shape index (κ1) is 21.0. The minimum atomic E-state index is -4.00. The molecule has 9 heteroatoms. The Kier molecular flexibility index (Phi) is 6.69. The zero-order valence-electron chi connectivity index (χ0n) is 14.5. The number of Topliss-reactive ketones (excluding diaryl/α,β-unsaturated/α-hetero) is 1. The molecular weight excluding hydrogens is 397 g/mol. The molecule has 0 aliphatic heterocycles. The molecule has 0 aliphatic rings. The van der Waals surface area contributed by atoms with Crippen molar-refractivity contribution in [2.75, 3.05) is 0 Å². The van der Waals surface area contributed by atoms with Crippen molar-refractivity contribution in [2.24, 2.45) is 0 Å². The van der Waals surface area contributed by atoms with E-state index in [-0.39, 0.29) is 15.5 Å². The second-order valence-corrected chi connectivity index (χ2v) is 7.90. The topological polar surface area (TPSA) is 89.5 Å². The molecule has 0 heterocycles. The van der Waals surface area contributed by atoms with Gasteiger partial charge in [-0.1, -0.05) is 17.7 Å². The zero-order valence-corrected chi connectivity index (χ0v) is 16.1. The van der Waals surface area contributed by atoms with Gasteiger partial charge in [0, 0.05) is 10.6 Å². The van der Waals surface area contributed by atoms with Crippen LogP contribution in [0.5, 0.6) is 0 Å². The van der Waals surface area contributed by atoms with Crippen molar-refractivity contribution in [3.8, 4) is 0 Å². The normalized spacial score (nSPS) is 13.6. The largest absolute Gasteiger partial charge is 0.453 e. The summed E-state index contributed by atoms with van der Waals surface area (Å²) in [4.78, 5) is 24.2. The molecule has 0 saturated heterocycles. The van der Waals surface area contributed by atoms with Crippen LogP contribution >= 0.6 is 11.6 Å². The predicted octanol–water partition coefficient (Wildman–Crippen LogP) is 2.96. The van der Waals surface area contributed by atoms with Gasteiger partial charge in [-0.2, -0.15) is 4.72 Å². The third-order valence-corrected chi connectivity index (χ3v) is 5.36. The number of rotatable bonds is 7. The Balaban J connectivity index is 2.02. The van der Waals surface area contributed by atoms with Crippen LogP contribution in [-0.2, 0) is 19.6 Å². The van der Waals surface area contributed by atoms with Gasteiger partial charge in [0.15, 0.2) is 6.10 Å². The smallest absolute Gasteiger partial charge is 0.324 e. The Morgan fingerprint density at radius 1 is 1.11 bits per heavy atom. The maximum atomic E-state index is 12.9. The summed E-state index contributed by atoms with van der Waals surface area (Å²) in [6.07, 6.45) is -1.17. The highest BCUT2D eigenvalue weighted by Gasteiger charge is 2.27. The SMILES string of the molecule is C[C@H](NS(=O)(=O)c1cccc(Cl)c1)C(=O)O[C@@H](C)C(=O)c1ccc(F)cc1. The Hall–Kier alpha value is -2.29. The number of hydrogen-bond donors (Lipinski definition) is 1. The summed E-state index contributed by atoms with van der Waals surface area (Å²) in [5.74, 6) is -1.96. The summed E-state index contributed by atoms with van der Waals surface area (Å²) in [5.41, 5.74) is 0.170. The van der Waals surface area contributed by atoms with Crippen LogP contribution in [-0.4, -0.2) is 32.3 Å². The molecule has 0 fully saturated rings. The van der Waals surface area contributed by atoms with E-state index < -0.39 is 39.7 Å². The van der Waals surface area contributed by atoms with Gasteiger partial charge in [0.05, 0.1) is 4.90 Å². The third-order valence-electron chi connectivity index (χ3n) is 3.58. The van der Waals surface area contributed by atoms with Gasteiger partial charge in [0.2, 0.25) is 15.8 Å². The van der Waals surface area contributed by atoms with Gasteiger partial charge in [-0.15, -0.1) is 0 Å². The summed E-state index contributed by atoms with van der Waals surface area (Å²) < 4.78 is 44.7. The van der Waals surface area contributed by atoms with E-state index in [9.17, 15) is 22.4 Å². The van der Waals surface area contributed by atoms with Crippen molar-refractivity contribution in [3.63, 3.8) is 0 Å². The van der Waals surface area contributed by atoms with Gasteiger partial charge in [-0.05, 0) is 56.3 Å². The summed E-state index contributed by atoms with van der Waals surface area (Å²) in [6.45, 7) is 2.64. The number of hydrogen-bond acceptors (Lipinski definition) is 5. The van der Waals surface area contributed by atoms with E-state index in [1.807, 2.05) is 0 Å². The maximum absolute atomic E-state index is 12.9. The molecule has 6 nitrogen and oxygen atoms in total. The molecule has 2 aromatic rings. The molecular formula is C18H17ClFNO5S. The fourth-order valence-corrected chi connectivity index (χ4v) is 3.65. The van der Waals surface area contributed by atoms with Crippen LogP contribution < -0.4 is 4.72 Å². The van der Waals surface area contributed by atoms with E-state index in [0.29, 0.717) is 0 Å². The Morgan fingerprint density at radius 3 is 2.33 bits per heavy atom. The average Bonchev–Trinajstić information content (AvgIpc) is 2.61. The van der Waals surface area contributed by atoms with Crippen LogP contribution in [0.1, 0.15) is 24.2 Å². The van der Waals surface area contributed by atoms with Crippen molar-refractivity contribution >= 4 is 33.4 Å². The monoisotopic (exact) mass is 413 g/mol. The van der Waals surface area contributed by atoms with Crippen molar-refractivity contribution in [1.29, 1.82) is 0 Å². The minimum absolute atomic E-state index is 0.106.